The average Bonchev–Trinajstić information content (AvgIpc) is 2.40. The Bertz CT molecular complexity index is 505. The SMILES string of the molecule is CC(O)c1cccc(S(=O)(=O)N2CCCCC2)c1. The molecule has 1 aromatic rings. The van der Waals surface area contributed by atoms with Crippen LogP contribution in [0.3, 0.4) is 0 Å². The van der Waals surface area contributed by atoms with Gasteiger partial charge in [-0.2, -0.15) is 4.31 Å². The summed E-state index contributed by atoms with van der Waals surface area (Å²) in [6.45, 7) is 2.83. The lowest BCUT2D eigenvalue weighted by atomic mass is 10.1. The van der Waals surface area contributed by atoms with Crippen molar-refractivity contribution < 1.29 is 13.5 Å². The molecule has 0 radical (unpaired) electrons. The number of aliphatic hydroxyl groups is 1. The summed E-state index contributed by atoms with van der Waals surface area (Å²) in [5, 5.41) is 9.52. The highest BCUT2D eigenvalue weighted by Crippen LogP contribution is 2.23. The lowest BCUT2D eigenvalue weighted by molar-refractivity contribution is 0.199. The van der Waals surface area contributed by atoms with Gasteiger partial charge in [-0.25, -0.2) is 8.42 Å². The normalized spacial score (nSPS) is 19.7. The second kappa shape index (κ2) is 5.38. The molecule has 1 aliphatic heterocycles. The van der Waals surface area contributed by atoms with Crippen molar-refractivity contribution in [2.75, 3.05) is 13.1 Å². The standard InChI is InChI=1S/C13H19NO3S/c1-11(15)12-6-5-7-13(10-12)18(16,17)14-8-3-2-4-9-14/h5-7,10-11,15H,2-4,8-9H2,1H3. The molecule has 1 fully saturated rings. The molecule has 1 atom stereocenters. The largest absolute Gasteiger partial charge is 0.389 e. The van der Waals surface area contributed by atoms with Gasteiger partial charge in [-0.3, -0.25) is 0 Å². The molecule has 1 heterocycles. The van der Waals surface area contributed by atoms with Crippen molar-refractivity contribution in [3.8, 4) is 0 Å². The highest BCUT2D eigenvalue weighted by molar-refractivity contribution is 7.89. The minimum atomic E-state index is -3.40. The molecule has 0 bridgehead atoms. The zero-order valence-corrected chi connectivity index (χ0v) is 11.4. The Morgan fingerprint density at radius 3 is 2.50 bits per heavy atom. The van der Waals surface area contributed by atoms with E-state index in [4.69, 9.17) is 0 Å². The number of hydrogen-bond donors (Lipinski definition) is 1. The number of rotatable bonds is 3. The molecular weight excluding hydrogens is 250 g/mol. The smallest absolute Gasteiger partial charge is 0.243 e. The van der Waals surface area contributed by atoms with Crippen molar-refractivity contribution in [3.05, 3.63) is 29.8 Å². The number of aliphatic hydroxyl groups excluding tert-OH is 1. The summed E-state index contributed by atoms with van der Waals surface area (Å²) >= 11 is 0. The van der Waals surface area contributed by atoms with Crippen molar-refractivity contribution in [1.82, 2.24) is 4.31 Å². The summed E-state index contributed by atoms with van der Waals surface area (Å²) in [7, 11) is -3.40. The van der Waals surface area contributed by atoms with Crippen LogP contribution in [0.15, 0.2) is 29.2 Å². The Morgan fingerprint density at radius 1 is 1.22 bits per heavy atom. The summed E-state index contributed by atoms with van der Waals surface area (Å²) < 4.78 is 26.4. The average molecular weight is 269 g/mol. The lowest BCUT2D eigenvalue weighted by Crippen LogP contribution is -2.35. The Balaban J connectivity index is 2.31. The first-order chi connectivity index (χ1) is 8.51. The third kappa shape index (κ3) is 2.74. The molecule has 0 spiro atoms. The second-order valence-electron chi connectivity index (χ2n) is 4.71. The van der Waals surface area contributed by atoms with Gasteiger partial charge in [0.25, 0.3) is 0 Å². The first-order valence-corrected chi connectivity index (χ1v) is 7.74. The van der Waals surface area contributed by atoms with Crippen molar-refractivity contribution in [2.24, 2.45) is 0 Å². The van der Waals surface area contributed by atoms with Crippen LogP contribution < -0.4 is 0 Å². The van der Waals surface area contributed by atoms with Crippen LogP contribution in [-0.2, 0) is 10.0 Å². The van der Waals surface area contributed by atoms with Crippen molar-refractivity contribution in [1.29, 1.82) is 0 Å². The maximum Gasteiger partial charge on any atom is 0.243 e. The monoisotopic (exact) mass is 269 g/mol. The Hall–Kier alpha value is -0.910. The van der Waals surface area contributed by atoms with Gasteiger partial charge in [-0.05, 0) is 37.5 Å². The van der Waals surface area contributed by atoms with Crippen LogP contribution >= 0.6 is 0 Å². The van der Waals surface area contributed by atoms with E-state index in [1.165, 1.54) is 4.31 Å². The molecule has 1 saturated heterocycles. The predicted molar refractivity (Wildman–Crippen MR) is 69.7 cm³/mol. The molecule has 4 nitrogen and oxygen atoms in total. The number of piperidine rings is 1. The molecule has 1 N–H and O–H groups in total. The van der Waals surface area contributed by atoms with E-state index in [0.717, 1.165) is 19.3 Å². The van der Waals surface area contributed by atoms with Crippen molar-refractivity contribution in [2.45, 2.75) is 37.2 Å². The molecule has 0 aromatic heterocycles. The van der Waals surface area contributed by atoms with Crippen LogP contribution in [0.25, 0.3) is 0 Å². The van der Waals surface area contributed by atoms with Gasteiger partial charge < -0.3 is 5.11 Å². The summed E-state index contributed by atoms with van der Waals surface area (Å²) in [5.74, 6) is 0. The van der Waals surface area contributed by atoms with E-state index < -0.39 is 16.1 Å². The van der Waals surface area contributed by atoms with Crippen LogP contribution in [0.5, 0.6) is 0 Å². The molecule has 0 aliphatic carbocycles. The van der Waals surface area contributed by atoms with E-state index in [1.54, 1.807) is 31.2 Å². The molecule has 100 valence electrons. The Labute approximate surface area is 108 Å². The van der Waals surface area contributed by atoms with Gasteiger partial charge in [0, 0.05) is 13.1 Å². The van der Waals surface area contributed by atoms with Crippen LogP contribution in [0, 0.1) is 0 Å². The predicted octanol–water partition coefficient (Wildman–Crippen LogP) is 1.91. The Morgan fingerprint density at radius 2 is 1.89 bits per heavy atom. The fraction of sp³-hybridized carbons (Fsp3) is 0.538. The van der Waals surface area contributed by atoms with Gasteiger partial charge in [0.2, 0.25) is 10.0 Å². The Kier molecular flexibility index (Phi) is 4.04. The number of benzene rings is 1. The molecule has 5 heteroatoms. The van der Waals surface area contributed by atoms with E-state index in [-0.39, 0.29) is 4.90 Å². The first-order valence-electron chi connectivity index (χ1n) is 6.30. The maximum atomic E-state index is 12.4. The van der Waals surface area contributed by atoms with Crippen LogP contribution in [0.4, 0.5) is 0 Å². The summed E-state index contributed by atoms with van der Waals surface area (Å²) in [6, 6.07) is 6.57. The van der Waals surface area contributed by atoms with E-state index in [2.05, 4.69) is 0 Å². The van der Waals surface area contributed by atoms with Crippen molar-refractivity contribution in [3.63, 3.8) is 0 Å². The minimum absolute atomic E-state index is 0.280. The molecule has 0 amide bonds. The van der Waals surface area contributed by atoms with Crippen LogP contribution in [0.2, 0.25) is 0 Å². The van der Waals surface area contributed by atoms with Crippen LogP contribution in [0.1, 0.15) is 37.9 Å². The summed E-state index contributed by atoms with van der Waals surface area (Å²) in [5.41, 5.74) is 0.632. The third-order valence-corrected chi connectivity index (χ3v) is 5.19. The third-order valence-electron chi connectivity index (χ3n) is 3.29. The number of sulfonamides is 1. The van der Waals surface area contributed by atoms with Gasteiger partial charge in [0.05, 0.1) is 11.0 Å². The van der Waals surface area contributed by atoms with Crippen LogP contribution in [-0.4, -0.2) is 30.9 Å². The van der Waals surface area contributed by atoms with Gasteiger partial charge in [0.1, 0.15) is 0 Å². The molecule has 1 aromatic carbocycles. The highest BCUT2D eigenvalue weighted by Gasteiger charge is 2.26. The zero-order valence-electron chi connectivity index (χ0n) is 10.5. The summed E-state index contributed by atoms with van der Waals surface area (Å²) in [6.07, 6.45) is 2.30. The number of nitrogens with zero attached hydrogens (tertiary/aromatic N) is 1. The lowest BCUT2D eigenvalue weighted by Gasteiger charge is -2.26. The second-order valence-corrected chi connectivity index (χ2v) is 6.65. The highest BCUT2D eigenvalue weighted by atomic mass is 32.2. The molecule has 18 heavy (non-hydrogen) atoms. The van der Waals surface area contributed by atoms with Gasteiger partial charge in [-0.1, -0.05) is 18.6 Å². The fourth-order valence-electron chi connectivity index (χ4n) is 2.19. The minimum Gasteiger partial charge on any atom is -0.389 e. The first kappa shape index (κ1) is 13.5. The molecule has 1 unspecified atom stereocenters. The maximum absolute atomic E-state index is 12.4. The quantitative estimate of drug-likeness (QED) is 0.912. The topological polar surface area (TPSA) is 57.6 Å². The number of hydrogen-bond acceptors (Lipinski definition) is 3. The molecular formula is C13H19NO3S. The fourth-order valence-corrected chi connectivity index (χ4v) is 3.76. The zero-order chi connectivity index (χ0) is 13.2. The van der Waals surface area contributed by atoms with E-state index >= 15 is 0 Å². The van der Waals surface area contributed by atoms with Gasteiger partial charge in [0.15, 0.2) is 0 Å². The molecule has 2 rings (SSSR count). The van der Waals surface area contributed by atoms with Crippen molar-refractivity contribution >= 4 is 10.0 Å². The van der Waals surface area contributed by atoms with Gasteiger partial charge >= 0.3 is 0 Å². The van der Waals surface area contributed by atoms with E-state index in [1.807, 2.05) is 0 Å². The molecule has 1 aliphatic rings. The van der Waals surface area contributed by atoms with E-state index in [9.17, 15) is 13.5 Å². The van der Waals surface area contributed by atoms with E-state index in [0.29, 0.717) is 18.7 Å². The summed E-state index contributed by atoms with van der Waals surface area (Å²) in [4.78, 5) is 0.280. The van der Waals surface area contributed by atoms with Gasteiger partial charge in [-0.15, -0.1) is 0 Å². The molecule has 0 saturated carbocycles.